The number of nitriles is 1. The van der Waals surface area contributed by atoms with Crippen LogP contribution in [-0.2, 0) is 0 Å². The molecule has 122 valence electrons. The van der Waals surface area contributed by atoms with E-state index in [2.05, 4.69) is 11.4 Å². The number of benzene rings is 3. The van der Waals surface area contributed by atoms with Crippen LogP contribution in [0.15, 0.2) is 72.8 Å². The summed E-state index contributed by atoms with van der Waals surface area (Å²) in [6.07, 6.45) is 0. The lowest BCUT2D eigenvalue weighted by atomic mass is 10.2. The molecule has 25 heavy (non-hydrogen) atoms. The van der Waals surface area contributed by atoms with Crippen LogP contribution in [-0.4, -0.2) is 5.91 Å². The summed E-state index contributed by atoms with van der Waals surface area (Å²) in [5.41, 5.74) is 1.76. The highest BCUT2D eigenvalue weighted by atomic mass is 35.5. The summed E-state index contributed by atoms with van der Waals surface area (Å²) >= 11 is 5.82. The second-order valence-corrected chi connectivity index (χ2v) is 5.66. The number of halogens is 1. The van der Waals surface area contributed by atoms with E-state index >= 15 is 0 Å². The minimum absolute atomic E-state index is 0.216. The third-order valence-electron chi connectivity index (χ3n) is 3.44. The molecule has 4 nitrogen and oxygen atoms in total. The van der Waals surface area contributed by atoms with E-state index < -0.39 is 0 Å². The van der Waals surface area contributed by atoms with Crippen LogP contribution in [0, 0.1) is 11.3 Å². The fourth-order valence-corrected chi connectivity index (χ4v) is 2.27. The van der Waals surface area contributed by atoms with Gasteiger partial charge in [-0.3, -0.25) is 4.79 Å². The average molecular weight is 349 g/mol. The van der Waals surface area contributed by atoms with Crippen molar-refractivity contribution in [3.63, 3.8) is 0 Å². The zero-order valence-corrected chi connectivity index (χ0v) is 13.8. The van der Waals surface area contributed by atoms with Crippen molar-refractivity contribution in [1.82, 2.24) is 0 Å². The number of ether oxygens (including phenoxy) is 1. The Labute approximate surface area is 150 Å². The Morgan fingerprint density at radius 2 is 1.44 bits per heavy atom. The van der Waals surface area contributed by atoms with Crippen LogP contribution in [0.5, 0.6) is 11.5 Å². The van der Waals surface area contributed by atoms with Crippen LogP contribution in [0.1, 0.15) is 15.9 Å². The summed E-state index contributed by atoms with van der Waals surface area (Å²) in [6.45, 7) is 0. The van der Waals surface area contributed by atoms with Crippen molar-refractivity contribution < 1.29 is 9.53 Å². The summed E-state index contributed by atoms with van der Waals surface area (Å²) in [4.78, 5) is 12.2. The first-order chi connectivity index (χ1) is 12.1. The standard InChI is InChI=1S/C20H13ClN2O2/c21-16-5-7-17(8-6-16)23-20(24)15-3-11-19(12-4-15)25-18-9-1-14(13-22)2-10-18/h1-12H,(H,23,24). The van der Waals surface area contributed by atoms with E-state index in [4.69, 9.17) is 21.6 Å². The van der Waals surface area contributed by atoms with Gasteiger partial charge in [-0.05, 0) is 72.8 Å². The molecule has 1 N–H and O–H groups in total. The van der Waals surface area contributed by atoms with Gasteiger partial charge in [-0.2, -0.15) is 5.26 Å². The lowest BCUT2D eigenvalue weighted by Crippen LogP contribution is -2.11. The van der Waals surface area contributed by atoms with Gasteiger partial charge >= 0.3 is 0 Å². The van der Waals surface area contributed by atoms with E-state index in [-0.39, 0.29) is 5.91 Å². The number of nitrogens with one attached hydrogen (secondary N) is 1. The molecule has 0 unspecified atom stereocenters. The zero-order valence-electron chi connectivity index (χ0n) is 13.1. The molecule has 0 atom stereocenters. The zero-order chi connectivity index (χ0) is 17.6. The van der Waals surface area contributed by atoms with Crippen molar-refractivity contribution in [1.29, 1.82) is 5.26 Å². The minimum atomic E-state index is -0.216. The molecule has 0 heterocycles. The number of hydrogen-bond donors (Lipinski definition) is 1. The second-order valence-electron chi connectivity index (χ2n) is 5.22. The van der Waals surface area contributed by atoms with Gasteiger partial charge in [0, 0.05) is 16.3 Å². The van der Waals surface area contributed by atoms with E-state index in [1.54, 1.807) is 72.8 Å². The van der Waals surface area contributed by atoms with Crippen LogP contribution < -0.4 is 10.1 Å². The van der Waals surface area contributed by atoms with Crippen molar-refractivity contribution in [3.05, 3.63) is 88.9 Å². The van der Waals surface area contributed by atoms with Gasteiger partial charge in [0.05, 0.1) is 11.6 Å². The molecule has 0 fully saturated rings. The summed E-state index contributed by atoms with van der Waals surface area (Å²) < 4.78 is 5.69. The van der Waals surface area contributed by atoms with E-state index in [0.29, 0.717) is 33.3 Å². The van der Waals surface area contributed by atoms with Crippen molar-refractivity contribution >= 4 is 23.2 Å². The molecule has 0 saturated heterocycles. The Balaban J connectivity index is 1.65. The largest absolute Gasteiger partial charge is 0.457 e. The van der Waals surface area contributed by atoms with Crippen LogP contribution in [0.25, 0.3) is 0 Å². The predicted molar refractivity (Wildman–Crippen MR) is 97.1 cm³/mol. The highest BCUT2D eigenvalue weighted by Crippen LogP contribution is 2.22. The van der Waals surface area contributed by atoms with Gasteiger partial charge in [-0.1, -0.05) is 11.6 Å². The molecule has 0 spiro atoms. The Kier molecular flexibility index (Phi) is 4.98. The topological polar surface area (TPSA) is 62.1 Å². The van der Waals surface area contributed by atoms with Crippen LogP contribution in [0.2, 0.25) is 5.02 Å². The SMILES string of the molecule is N#Cc1ccc(Oc2ccc(C(=O)Nc3ccc(Cl)cc3)cc2)cc1. The molecule has 0 aliphatic carbocycles. The minimum Gasteiger partial charge on any atom is -0.457 e. The third-order valence-corrected chi connectivity index (χ3v) is 3.69. The Morgan fingerprint density at radius 3 is 2.00 bits per heavy atom. The van der Waals surface area contributed by atoms with Crippen molar-refractivity contribution in [3.8, 4) is 17.6 Å². The molecule has 0 aliphatic heterocycles. The fraction of sp³-hybridized carbons (Fsp3) is 0. The fourth-order valence-electron chi connectivity index (χ4n) is 2.14. The van der Waals surface area contributed by atoms with Gasteiger partial charge in [0.2, 0.25) is 0 Å². The molecule has 0 aromatic heterocycles. The maximum Gasteiger partial charge on any atom is 0.255 e. The maximum absolute atomic E-state index is 12.2. The number of carbonyl (C=O) groups is 1. The van der Waals surface area contributed by atoms with E-state index in [1.165, 1.54) is 0 Å². The first kappa shape index (κ1) is 16.6. The number of rotatable bonds is 4. The van der Waals surface area contributed by atoms with Crippen LogP contribution >= 0.6 is 11.6 Å². The highest BCUT2D eigenvalue weighted by Gasteiger charge is 2.07. The summed E-state index contributed by atoms with van der Waals surface area (Å²) in [7, 11) is 0. The highest BCUT2D eigenvalue weighted by molar-refractivity contribution is 6.30. The molecular formula is C20H13ClN2O2. The van der Waals surface area contributed by atoms with Crippen molar-refractivity contribution in [2.24, 2.45) is 0 Å². The molecular weight excluding hydrogens is 336 g/mol. The lowest BCUT2D eigenvalue weighted by molar-refractivity contribution is 0.102. The lowest BCUT2D eigenvalue weighted by Gasteiger charge is -2.08. The predicted octanol–water partition coefficient (Wildman–Crippen LogP) is 5.26. The first-order valence-electron chi connectivity index (χ1n) is 7.49. The Bertz CT molecular complexity index is 912. The molecule has 0 aliphatic rings. The Hall–Kier alpha value is -3.29. The van der Waals surface area contributed by atoms with E-state index in [1.807, 2.05) is 0 Å². The summed E-state index contributed by atoms with van der Waals surface area (Å²) in [5, 5.41) is 12.2. The van der Waals surface area contributed by atoms with Gasteiger partial charge in [0.1, 0.15) is 11.5 Å². The maximum atomic E-state index is 12.2. The number of anilines is 1. The van der Waals surface area contributed by atoms with E-state index in [9.17, 15) is 4.79 Å². The average Bonchev–Trinajstić information content (AvgIpc) is 2.65. The monoisotopic (exact) mass is 348 g/mol. The third kappa shape index (κ3) is 4.37. The van der Waals surface area contributed by atoms with Gasteiger partial charge < -0.3 is 10.1 Å². The molecule has 3 rings (SSSR count). The number of nitrogens with zero attached hydrogens (tertiary/aromatic N) is 1. The molecule has 1 amide bonds. The molecule has 0 radical (unpaired) electrons. The summed E-state index contributed by atoms with van der Waals surface area (Å²) in [5.74, 6) is 1.01. The van der Waals surface area contributed by atoms with Gasteiger partial charge in [0.15, 0.2) is 0 Å². The quantitative estimate of drug-likeness (QED) is 0.699. The Morgan fingerprint density at radius 1 is 0.880 bits per heavy atom. The van der Waals surface area contributed by atoms with Crippen LogP contribution in [0.3, 0.4) is 0 Å². The normalized spacial score (nSPS) is 9.92. The molecule has 0 saturated carbocycles. The van der Waals surface area contributed by atoms with Crippen molar-refractivity contribution in [2.45, 2.75) is 0 Å². The van der Waals surface area contributed by atoms with Gasteiger partial charge in [-0.15, -0.1) is 0 Å². The number of hydrogen-bond acceptors (Lipinski definition) is 3. The van der Waals surface area contributed by atoms with Crippen molar-refractivity contribution in [2.75, 3.05) is 5.32 Å². The second kappa shape index (κ2) is 7.52. The summed E-state index contributed by atoms with van der Waals surface area (Å²) in [6, 6.07) is 22.6. The molecule has 5 heteroatoms. The smallest absolute Gasteiger partial charge is 0.255 e. The van der Waals surface area contributed by atoms with Gasteiger partial charge in [-0.25, -0.2) is 0 Å². The number of amides is 1. The van der Waals surface area contributed by atoms with Crippen LogP contribution in [0.4, 0.5) is 5.69 Å². The molecule has 3 aromatic carbocycles. The molecule has 0 bridgehead atoms. The van der Waals surface area contributed by atoms with Gasteiger partial charge in [0.25, 0.3) is 5.91 Å². The number of carbonyl (C=O) groups excluding carboxylic acids is 1. The first-order valence-corrected chi connectivity index (χ1v) is 7.87. The molecule has 3 aromatic rings. The van der Waals surface area contributed by atoms with E-state index in [0.717, 1.165) is 0 Å².